The van der Waals surface area contributed by atoms with E-state index >= 15 is 0 Å². The highest BCUT2D eigenvalue weighted by atomic mass is 16.4. The fourth-order valence-electron chi connectivity index (χ4n) is 0.618. The van der Waals surface area contributed by atoms with Crippen molar-refractivity contribution in [3.63, 3.8) is 0 Å². The van der Waals surface area contributed by atoms with Crippen LogP contribution >= 0.6 is 0 Å². The Labute approximate surface area is 68.7 Å². The van der Waals surface area contributed by atoms with Gasteiger partial charge in [-0.05, 0) is 0 Å². The number of carbonyl (C=O) groups excluding carboxylic acids is 1. The van der Waals surface area contributed by atoms with E-state index in [0.29, 0.717) is 0 Å². The Morgan fingerprint density at radius 2 is 1.58 bits per heavy atom. The van der Waals surface area contributed by atoms with Crippen LogP contribution < -0.4 is 0 Å². The minimum atomic E-state index is -1.79. The quantitative estimate of drug-likeness (QED) is 0.223. The third kappa shape index (κ3) is 2.84. The summed E-state index contributed by atoms with van der Waals surface area (Å²) >= 11 is 0. The number of carbonyl (C=O) groups is 1. The number of hydrogen-bond acceptors (Lipinski definition) is 6. The first-order chi connectivity index (χ1) is 5.54. The second-order valence-corrected chi connectivity index (χ2v) is 2.36. The molecule has 72 valence electrons. The van der Waals surface area contributed by atoms with Crippen LogP contribution in [0, 0.1) is 0 Å². The Kier molecular flexibility index (Phi) is 4.95. The van der Waals surface area contributed by atoms with Crippen LogP contribution in [0.2, 0.25) is 0 Å². The van der Waals surface area contributed by atoms with Gasteiger partial charge in [0.15, 0.2) is 6.29 Å². The van der Waals surface area contributed by atoms with Gasteiger partial charge in [0.1, 0.15) is 24.4 Å². The number of aliphatic hydroxyl groups is 5. The molecule has 0 aromatic carbocycles. The second-order valence-electron chi connectivity index (χ2n) is 2.36. The Morgan fingerprint density at radius 3 is 1.92 bits per heavy atom. The minimum absolute atomic E-state index is 0.0258. The first kappa shape index (κ1) is 11.5. The summed E-state index contributed by atoms with van der Waals surface area (Å²) in [6, 6.07) is 0. The van der Waals surface area contributed by atoms with Gasteiger partial charge >= 0.3 is 0 Å². The molecule has 0 aliphatic heterocycles. The zero-order valence-corrected chi connectivity index (χ0v) is 6.24. The predicted octanol–water partition coefficient (Wildman–Crippen LogP) is -3.38. The maximum Gasteiger partial charge on any atom is 0.151 e. The average molecular weight is 181 g/mol. The molecule has 0 aromatic heterocycles. The number of aldehydes is 1. The molecular formula is C6H12O6. The molecule has 0 aliphatic carbocycles. The molecule has 12 heavy (non-hydrogen) atoms. The summed E-state index contributed by atoms with van der Waals surface area (Å²) in [4.78, 5) is 9.90. The maximum absolute atomic E-state index is 9.90. The van der Waals surface area contributed by atoms with Crippen LogP contribution in [0.15, 0.2) is 0 Å². The van der Waals surface area contributed by atoms with Gasteiger partial charge in [-0.15, -0.1) is 0 Å². The molecule has 0 spiro atoms. The van der Waals surface area contributed by atoms with Gasteiger partial charge in [0.05, 0.1) is 6.61 Å². The smallest absolute Gasteiger partial charge is 0.151 e. The molecule has 4 atom stereocenters. The van der Waals surface area contributed by atoms with Gasteiger partial charge in [-0.25, -0.2) is 0 Å². The predicted molar refractivity (Wildman–Crippen MR) is 37.2 cm³/mol. The Morgan fingerprint density at radius 1 is 1.08 bits per heavy atom. The van der Waals surface area contributed by atoms with E-state index in [9.17, 15) is 4.79 Å². The lowest BCUT2D eigenvalue weighted by Crippen LogP contribution is -2.46. The number of aliphatic hydroxyl groups excluding tert-OH is 5. The van der Waals surface area contributed by atoms with E-state index in [4.69, 9.17) is 25.5 Å². The summed E-state index contributed by atoms with van der Waals surface area (Å²) in [6.07, 6.45) is -6.84. The first-order valence-corrected chi connectivity index (χ1v) is 3.33. The Balaban J connectivity index is 4.07. The summed E-state index contributed by atoms with van der Waals surface area (Å²) in [5.74, 6) is 0. The Hall–Kier alpha value is -0.530. The second kappa shape index (κ2) is 5.18. The topological polar surface area (TPSA) is 118 Å². The third-order valence-corrected chi connectivity index (χ3v) is 1.42. The van der Waals surface area contributed by atoms with Gasteiger partial charge in [0.2, 0.25) is 0 Å². The van der Waals surface area contributed by atoms with E-state index in [0.717, 1.165) is 0 Å². The maximum atomic E-state index is 9.90. The zero-order valence-electron chi connectivity index (χ0n) is 6.24. The molecule has 0 aromatic rings. The van der Waals surface area contributed by atoms with Crippen molar-refractivity contribution in [3.05, 3.63) is 0 Å². The van der Waals surface area contributed by atoms with Crippen LogP contribution in [0.1, 0.15) is 0 Å². The molecule has 0 saturated heterocycles. The van der Waals surface area contributed by atoms with Gasteiger partial charge in [0.25, 0.3) is 0 Å². The lowest BCUT2D eigenvalue weighted by atomic mass is 10.1. The monoisotopic (exact) mass is 181 g/mol. The van der Waals surface area contributed by atoms with Crippen molar-refractivity contribution in [3.8, 4) is 0 Å². The van der Waals surface area contributed by atoms with E-state index in [1.807, 2.05) is 0 Å². The van der Waals surface area contributed by atoms with Crippen molar-refractivity contribution in [2.45, 2.75) is 24.4 Å². The van der Waals surface area contributed by atoms with E-state index in [-0.39, 0.29) is 6.29 Å². The fraction of sp³-hybridized carbons (Fsp3) is 0.833. The molecule has 0 fully saturated rings. The molecule has 6 heteroatoms. The van der Waals surface area contributed by atoms with Crippen LogP contribution in [0.3, 0.4) is 0 Å². The molecule has 0 saturated carbocycles. The highest BCUT2D eigenvalue weighted by molar-refractivity contribution is 5.56. The van der Waals surface area contributed by atoms with Crippen molar-refractivity contribution < 1.29 is 30.3 Å². The van der Waals surface area contributed by atoms with Crippen LogP contribution in [-0.2, 0) is 4.79 Å². The molecule has 0 heterocycles. The molecule has 0 amide bonds. The molecule has 5 N–H and O–H groups in total. The van der Waals surface area contributed by atoms with Gasteiger partial charge in [-0.3, -0.25) is 0 Å². The lowest BCUT2D eigenvalue weighted by Gasteiger charge is -2.22. The standard InChI is InChI=1S/C6H12O6/c7-1-3(9)5(11)6(12)4(10)2-8/h1,3-6,8-12H,2H2/t3-,4-,5+,6+/m0/s1/i2+1. The van der Waals surface area contributed by atoms with E-state index in [1.54, 1.807) is 0 Å². The van der Waals surface area contributed by atoms with Crippen molar-refractivity contribution in [1.82, 2.24) is 0 Å². The van der Waals surface area contributed by atoms with Crippen molar-refractivity contribution in [2.24, 2.45) is 0 Å². The van der Waals surface area contributed by atoms with E-state index in [1.165, 1.54) is 0 Å². The summed E-state index contributed by atoms with van der Waals surface area (Å²) < 4.78 is 0. The molecule has 0 rings (SSSR count). The van der Waals surface area contributed by atoms with Crippen LogP contribution in [0.5, 0.6) is 0 Å². The normalized spacial score (nSPS) is 21.1. The summed E-state index contributed by atoms with van der Waals surface area (Å²) in [5.41, 5.74) is 0. The third-order valence-electron chi connectivity index (χ3n) is 1.42. The van der Waals surface area contributed by atoms with E-state index < -0.39 is 31.0 Å². The van der Waals surface area contributed by atoms with Gasteiger partial charge < -0.3 is 30.3 Å². The summed E-state index contributed by atoms with van der Waals surface area (Å²) in [5, 5.41) is 43.5. The molecule has 0 aliphatic rings. The lowest BCUT2D eigenvalue weighted by molar-refractivity contribution is -0.136. The van der Waals surface area contributed by atoms with Crippen molar-refractivity contribution >= 4 is 6.29 Å². The molecule has 0 bridgehead atoms. The van der Waals surface area contributed by atoms with Crippen LogP contribution in [0.25, 0.3) is 0 Å². The number of hydrogen-bond donors (Lipinski definition) is 5. The van der Waals surface area contributed by atoms with Gasteiger partial charge in [0, 0.05) is 0 Å². The average Bonchev–Trinajstić information content (AvgIpc) is 2.12. The largest absolute Gasteiger partial charge is 0.394 e. The summed E-state index contributed by atoms with van der Waals surface area (Å²) in [6.45, 7) is -0.760. The van der Waals surface area contributed by atoms with Crippen molar-refractivity contribution in [2.75, 3.05) is 6.61 Å². The highest BCUT2D eigenvalue weighted by Gasteiger charge is 2.29. The minimum Gasteiger partial charge on any atom is -0.394 e. The molecule has 6 nitrogen and oxygen atoms in total. The van der Waals surface area contributed by atoms with Gasteiger partial charge in [-0.1, -0.05) is 0 Å². The summed E-state index contributed by atoms with van der Waals surface area (Å²) in [7, 11) is 0. The van der Waals surface area contributed by atoms with Crippen LogP contribution in [-0.4, -0.2) is 62.8 Å². The first-order valence-electron chi connectivity index (χ1n) is 3.33. The fourth-order valence-corrected chi connectivity index (χ4v) is 0.618. The van der Waals surface area contributed by atoms with Crippen molar-refractivity contribution in [1.29, 1.82) is 0 Å². The van der Waals surface area contributed by atoms with Crippen LogP contribution in [0.4, 0.5) is 0 Å². The molecular weight excluding hydrogens is 169 g/mol. The van der Waals surface area contributed by atoms with E-state index in [2.05, 4.69) is 0 Å². The zero-order chi connectivity index (χ0) is 9.72. The number of rotatable bonds is 5. The Bertz CT molecular complexity index is 138. The molecule has 0 unspecified atom stereocenters. The van der Waals surface area contributed by atoms with Gasteiger partial charge in [-0.2, -0.15) is 0 Å². The highest BCUT2D eigenvalue weighted by Crippen LogP contribution is 2.02. The SMILES string of the molecule is O=C[C@H](O)[C@@H](O)[C@H](O)[C@@H](O)[13CH2]O. The molecule has 0 radical (unpaired) electrons.